The molecule has 10 heteroatoms. The Hall–Kier alpha value is -2.13. The van der Waals surface area contributed by atoms with Crippen LogP contribution in [-0.2, 0) is 6.54 Å². The van der Waals surface area contributed by atoms with Crippen LogP contribution in [0.15, 0.2) is 24.4 Å². The molecule has 2 heterocycles. The maximum atomic E-state index is 11.3. The summed E-state index contributed by atoms with van der Waals surface area (Å²) in [5.41, 5.74) is 2.58. The molecule has 0 radical (unpaired) electrons. The van der Waals surface area contributed by atoms with Crippen LogP contribution in [-0.4, -0.2) is 37.5 Å². The number of imidazole rings is 1. The molecule has 0 bridgehead atoms. The number of aromatic nitrogens is 3. The smallest absolute Gasteiger partial charge is 0.373 e. The summed E-state index contributed by atoms with van der Waals surface area (Å²) in [7, 11) is -0.726. The Morgan fingerprint density at radius 3 is 2.69 bits per heavy atom. The highest BCUT2D eigenvalue weighted by molar-refractivity contribution is 6.45. The summed E-state index contributed by atoms with van der Waals surface area (Å²) in [6.45, 7) is 3.71. The van der Waals surface area contributed by atoms with Crippen molar-refractivity contribution < 1.29 is 14.9 Å². The molecule has 0 atom stereocenters. The molecule has 134 valence electrons. The molecule has 0 saturated heterocycles. The van der Waals surface area contributed by atoms with Gasteiger partial charge in [0.05, 0.1) is 10.7 Å². The van der Waals surface area contributed by atoms with E-state index < -0.39 is 13.0 Å². The van der Waals surface area contributed by atoms with Crippen molar-refractivity contribution in [3.05, 3.63) is 51.4 Å². The Kier molecular flexibility index (Phi) is 5.20. The number of carboxylic acids is 1. The summed E-state index contributed by atoms with van der Waals surface area (Å²) in [6, 6.07) is 5.07. The number of nitrogens with one attached hydrogen (secondary N) is 1. The number of aromatic carboxylic acids is 1. The maximum Gasteiger partial charge on any atom is 0.373 e. The zero-order valence-electron chi connectivity index (χ0n) is 14.0. The van der Waals surface area contributed by atoms with Gasteiger partial charge in [-0.2, -0.15) is 0 Å². The fourth-order valence-electron chi connectivity index (χ4n) is 2.69. The summed E-state index contributed by atoms with van der Waals surface area (Å²) in [6.07, 6.45) is 1.40. The molecular weight excluding hydrogens is 378 g/mol. The lowest BCUT2D eigenvalue weighted by atomic mass is 9.88. The molecule has 0 aliphatic carbocycles. The molecular formula is C16H15BCl2N4O3. The number of halogens is 2. The third-order valence-electron chi connectivity index (χ3n) is 3.90. The van der Waals surface area contributed by atoms with E-state index in [9.17, 15) is 14.9 Å². The zero-order chi connectivity index (χ0) is 19.0. The number of nitrogens with zero attached hydrogens (tertiary/aromatic N) is 3. The van der Waals surface area contributed by atoms with Gasteiger partial charge >= 0.3 is 13.0 Å². The van der Waals surface area contributed by atoms with E-state index in [1.807, 2.05) is 0 Å². The van der Waals surface area contributed by atoms with E-state index in [2.05, 4.69) is 15.2 Å². The van der Waals surface area contributed by atoms with Crippen molar-refractivity contribution in [2.75, 3.05) is 0 Å². The Bertz CT molecular complexity index is 1010. The van der Waals surface area contributed by atoms with Crippen molar-refractivity contribution >= 4 is 42.0 Å². The normalized spacial score (nSPS) is 11.1. The third-order valence-corrected chi connectivity index (χ3v) is 4.45. The standard InChI is InChI=1S/C16H15BCl2N4O3/c1-8-11(6-20-17(2)26)14(10-4-3-9(18)5-12(10)19)23-7-13(15(24)25)22-16(23)21-8/h3-5,7,20,26H,6H2,1-2H3,(H,24,25). The van der Waals surface area contributed by atoms with Crippen LogP contribution in [0.1, 0.15) is 21.7 Å². The maximum absolute atomic E-state index is 11.3. The summed E-state index contributed by atoms with van der Waals surface area (Å²) in [5.74, 6) is -0.897. The predicted octanol–water partition coefficient (Wildman–Crippen LogP) is 2.91. The van der Waals surface area contributed by atoms with Crippen LogP contribution in [0, 0.1) is 6.92 Å². The summed E-state index contributed by atoms with van der Waals surface area (Å²) < 4.78 is 1.59. The molecule has 3 N–H and O–H groups in total. The van der Waals surface area contributed by atoms with Gasteiger partial charge < -0.3 is 15.4 Å². The van der Waals surface area contributed by atoms with Crippen LogP contribution in [0.2, 0.25) is 16.9 Å². The van der Waals surface area contributed by atoms with Gasteiger partial charge in [-0.25, -0.2) is 14.8 Å². The number of carboxylic acid groups (broad SMARTS) is 1. The molecule has 3 aromatic rings. The van der Waals surface area contributed by atoms with Gasteiger partial charge in [-0.1, -0.05) is 23.2 Å². The van der Waals surface area contributed by atoms with Crippen LogP contribution < -0.4 is 5.23 Å². The Balaban J connectivity index is 2.33. The fraction of sp³-hybridized carbons (Fsp3) is 0.188. The number of aryl methyl sites for hydroxylation is 1. The van der Waals surface area contributed by atoms with E-state index >= 15 is 0 Å². The van der Waals surface area contributed by atoms with Crippen molar-refractivity contribution in [3.63, 3.8) is 0 Å². The van der Waals surface area contributed by atoms with Crippen molar-refractivity contribution in [1.29, 1.82) is 0 Å². The van der Waals surface area contributed by atoms with Gasteiger partial charge in [-0.3, -0.25) is 4.40 Å². The van der Waals surface area contributed by atoms with E-state index in [1.54, 1.807) is 36.3 Å². The Morgan fingerprint density at radius 2 is 2.08 bits per heavy atom. The quantitative estimate of drug-likeness (QED) is 0.577. The Labute approximate surface area is 159 Å². The first kappa shape index (κ1) is 18.7. The van der Waals surface area contributed by atoms with Gasteiger partial charge in [0.25, 0.3) is 0 Å². The highest BCUT2D eigenvalue weighted by atomic mass is 35.5. The predicted molar refractivity (Wildman–Crippen MR) is 101 cm³/mol. The van der Waals surface area contributed by atoms with Gasteiger partial charge in [0, 0.05) is 34.6 Å². The van der Waals surface area contributed by atoms with Gasteiger partial charge in [0.2, 0.25) is 5.78 Å². The largest absolute Gasteiger partial charge is 0.476 e. The fourth-order valence-corrected chi connectivity index (χ4v) is 3.18. The summed E-state index contributed by atoms with van der Waals surface area (Å²) in [5, 5.41) is 22.7. The number of fused-ring (bicyclic) bond motifs is 1. The molecule has 3 rings (SSSR count). The molecule has 0 fully saturated rings. The lowest BCUT2D eigenvalue weighted by Gasteiger charge is -2.17. The van der Waals surface area contributed by atoms with Crippen LogP contribution in [0.3, 0.4) is 0 Å². The number of rotatable bonds is 5. The molecule has 1 aromatic carbocycles. The molecule has 0 aliphatic heterocycles. The van der Waals surface area contributed by atoms with Crippen molar-refractivity contribution in [2.45, 2.75) is 20.3 Å². The van der Waals surface area contributed by atoms with E-state index in [-0.39, 0.29) is 11.5 Å². The number of hydrogen-bond donors (Lipinski definition) is 3. The molecule has 0 spiro atoms. The van der Waals surface area contributed by atoms with Crippen molar-refractivity contribution in [2.24, 2.45) is 0 Å². The minimum atomic E-state index is -1.15. The molecule has 0 aliphatic rings. The average Bonchev–Trinajstić information content (AvgIpc) is 2.96. The van der Waals surface area contributed by atoms with Crippen LogP contribution >= 0.6 is 23.2 Å². The molecule has 0 unspecified atom stereocenters. The van der Waals surface area contributed by atoms with Gasteiger partial charge in [-0.05, 0) is 31.9 Å². The SMILES string of the molecule is CB(O)NCc1c(C)nc2nc(C(=O)O)cn2c1-c1ccc(Cl)cc1Cl. The van der Waals surface area contributed by atoms with Crippen LogP contribution in [0.25, 0.3) is 17.0 Å². The van der Waals surface area contributed by atoms with Gasteiger partial charge in [-0.15, -0.1) is 0 Å². The minimum absolute atomic E-state index is 0.121. The number of carbonyl (C=O) groups is 1. The van der Waals surface area contributed by atoms with Gasteiger partial charge in [0.1, 0.15) is 0 Å². The Morgan fingerprint density at radius 1 is 1.35 bits per heavy atom. The van der Waals surface area contributed by atoms with Crippen molar-refractivity contribution in [3.8, 4) is 11.3 Å². The second-order valence-electron chi connectivity index (χ2n) is 5.81. The molecule has 0 saturated carbocycles. The molecule has 7 nitrogen and oxygen atoms in total. The second-order valence-corrected chi connectivity index (χ2v) is 6.65. The average molecular weight is 393 g/mol. The van der Waals surface area contributed by atoms with E-state index in [1.165, 1.54) is 6.20 Å². The first-order valence-electron chi connectivity index (χ1n) is 7.76. The third kappa shape index (κ3) is 3.54. The molecule has 0 amide bonds. The second kappa shape index (κ2) is 7.24. The van der Waals surface area contributed by atoms with Crippen LogP contribution in [0.4, 0.5) is 0 Å². The minimum Gasteiger partial charge on any atom is -0.476 e. The van der Waals surface area contributed by atoms with E-state index in [4.69, 9.17) is 23.2 Å². The van der Waals surface area contributed by atoms with Gasteiger partial charge in [0.15, 0.2) is 5.69 Å². The number of benzene rings is 1. The number of hydrogen-bond acceptors (Lipinski definition) is 5. The highest BCUT2D eigenvalue weighted by Gasteiger charge is 2.21. The molecule has 26 heavy (non-hydrogen) atoms. The van der Waals surface area contributed by atoms with E-state index in [0.29, 0.717) is 33.5 Å². The van der Waals surface area contributed by atoms with Crippen molar-refractivity contribution in [1.82, 2.24) is 19.6 Å². The van der Waals surface area contributed by atoms with Crippen LogP contribution in [0.5, 0.6) is 0 Å². The first-order valence-corrected chi connectivity index (χ1v) is 8.52. The first-order chi connectivity index (χ1) is 12.3. The highest BCUT2D eigenvalue weighted by Crippen LogP contribution is 2.34. The lowest BCUT2D eigenvalue weighted by molar-refractivity contribution is 0.0691. The summed E-state index contributed by atoms with van der Waals surface area (Å²) in [4.78, 5) is 19.8. The topological polar surface area (TPSA) is 99.8 Å². The zero-order valence-corrected chi connectivity index (χ0v) is 15.5. The monoisotopic (exact) mass is 392 g/mol. The summed E-state index contributed by atoms with van der Waals surface area (Å²) >= 11 is 12.4. The lowest BCUT2D eigenvalue weighted by Crippen LogP contribution is -2.30. The molecule has 2 aromatic heterocycles. The van der Waals surface area contributed by atoms with E-state index in [0.717, 1.165) is 5.56 Å².